The Morgan fingerprint density at radius 3 is 2.40 bits per heavy atom. The summed E-state index contributed by atoms with van der Waals surface area (Å²) >= 11 is 0.669. The number of ketones is 1. The Bertz CT molecular complexity index is 1620. The fourth-order valence-corrected chi connectivity index (χ4v) is 7.41. The minimum atomic E-state index is -4.16. The molecule has 0 saturated heterocycles. The van der Waals surface area contributed by atoms with E-state index in [1.807, 2.05) is 19.0 Å². The number of hydrogen-bond acceptors (Lipinski definition) is 10. The van der Waals surface area contributed by atoms with Crippen molar-refractivity contribution in [1.82, 2.24) is 14.7 Å². The highest BCUT2D eigenvalue weighted by Crippen LogP contribution is 2.34. The molecule has 1 fully saturated rings. The maximum Gasteiger partial charge on any atom is 0.325 e. The molecule has 214 valence electrons. The van der Waals surface area contributed by atoms with Gasteiger partial charge in [0.25, 0.3) is 0 Å². The summed E-state index contributed by atoms with van der Waals surface area (Å²) in [5.74, 6) is -0.145. The first-order chi connectivity index (χ1) is 18.8. The normalized spacial score (nSPS) is 14.2. The lowest BCUT2D eigenvalue weighted by Gasteiger charge is -2.18. The third-order valence-corrected chi connectivity index (χ3v) is 10.2. The van der Waals surface area contributed by atoms with Crippen LogP contribution < -0.4 is 20.3 Å². The van der Waals surface area contributed by atoms with Crippen LogP contribution in [0.2, 0.25) is 0 Å². The molecule has 0 aliphatic heterocycles. The average molecular weight is 607 g/mol. The second kappa shape index (κ2) is 12.0. The molecule has 2 amide bonds. The number of anilines is 3. The zero-order chi connectivity index (χ0) is 29.1. The first kappa shape index (κ1) is 29.6. The molecule has 4 rings (SSSR count). The van der Waals surface area contributed by atoms with E-state index in [1.165, 1.54) is 18.3 Å². The summed E-state index contributed by atoms with van der Waals surface area (Å²) in [5.41, 5.74) is 1.42. The van der Waals surface area contributed by atoms with Crippen molar-refractivity contribution in [2.45, 2.75) is 41.5 Å². The summed E-state index contributed by atoms with van der Waals surface area (Å²) in [7, 11) is -4.12. The number of benzene rings is 1. The minimum Gasteiger partial charge on any atom is -0.378 e. The van der Waals surface area contributed by atoms with Crippen LogP contribution in [0.3, 0.4) is 0 Å². The largest absolute Gasteiger partial charge is 0.378 e. The number of carbonyl (C=O) groups is 2. The molecule has 1 aliphatic rings. The Labute approximate surface area is 237 Å². The quantitative estimate of drug-likeness (QED) is 0.293. The van der Waals surface area contributed by atoms with Gasteiger partial charge in [-0.25, -0.2) is 36.3 Å². The fourth-order valence-electron chi connectivity index (χ4n) is 4.30. The molecule has 2 heterocycles. The van der Waals surface area contributed by atoms with Crippen molar-refractivity contribution in [2.75, 3.05) is 35.9 Å². The second-order valence-electron chi connectivity index (χ2n) is 9.57. The van der Waals surface area contributed by atoms with E-state index in [9.17, 15) is 26.4 Å². The number of pyridine rings is 1. The molecule has 0 spiro atoms. The molecule has 40 heavy (non-hydrogen) atoms. The van der Waals surface area contributed by atoms with Crippen LogP contribution in [0, 0.1) is 5.92 Å². The van der Waals surface area contributed by atoms with E-state index in [0.29, 0.717) is 22.6 Å². The third-order valence-electron chi connectivity index (χ3n) is 6.30. The Morgan fingerprint density at radius 1 is 1.05 bits per heavy atom. The van der Waals surface area contributed by atoms with Gasteiger partial charge in [0.05, 0.1) is 24.2 Å². The summed E-state index contributed by atoms with van der Waals surface area (Å²) in [6.07, 6.45) is 5.82. The van der Waals surface area contributed by atoms with E-state index in [2.05, 4.69) is 25.3 Å². The van der Waals surface area contributed by atoms with Gasteiger partial charge in [0.15, 0.2) is 20.1 Å². The molecular formula is C25H30N6O6S3. The van der Waals surface area contributed by atoms with Crippen molar-refractivity contribution in [3.05, 3.63) is 53.9 Å². The molecule has 3 N–H and O–H groups in total. The number of carbonyl (C=O) groups excluding carboxylic acids is 2. The number of sulfonamides is 1. The van der Waals surface area contributed by atoms with Crippen LogP contribution in [-0.4, -0.2) is 59.0 Å². The van der Waals surface area contributed by atoms with E-state index in [-0.39, 0.29) is 31.8 Å². The Balaban J connectivity index is 1.62. The fraction of sp³-hybridized carbons (Fsp3) is 0.360. The summed E-state index contributed by atoms with van der Waals surface area (Å²) in [5, 5.41) is 4.89. The van der Waals surface area contributed by atoms with Crippen LogP contribution >= 0.6 is 11.3 Å². The number of hydrogen-bond donors (Lipinski definition) is 3. The lowest BCUT2D eigenvalue weighted by molar-refractivity contribution is 0.0923. The Hall–Kier alpha value is -3.40. The van der Waals surface area contributed by atoms with Gasteiger partial charge in [-0.1, -0.05) is 30.2 Å². The Kier molecular flexibility index (Phi) is 8.87. The molecule has 3 aromatic rings. The maximum atomic E-state index is 13.3. The zero-order valence-electron chi connectivity index (χ0n) is 22.2. The molecule has 2 aromatic heterocycles. The number of nitrogens with zero attached hydrogens (tertiary/aromatic N) is 3. The van der Waals surface area contributed by atoms with E-state index >= 15 is 0 Å². The van der Waals surface area contributed by atoms with Gasteiger partial charge < -0.3 is 10.2 Å². The van der Waals surface area contributed by atoms with Crippen LogP contribution in [0.5, 0.6) is 0 Å². The van der Waals surface area contributed by atoms with Gasteiger partial charge in [-0.15, -0.1) is 0 Å². The van der Waals surface area contributed by atoms with Crippen LogP contribution in [0.15, 0.2) is 51.8 Å². The molecule has 0 unspecified atom stereocenters. The average Bonchev–Trinajstić information content (AvgIpc) is 3.58. The SMILES string of the molecule is CN(C)c1ccc(NC(=O)Nc2nc(CNS(C)(=O)=O)c(S(=O)(=O)c3ccccn3)s2)c(C(=O)C2CCCC2)c1. The maximum absolute atomic E-state index is 13.3. The van der Waals surface area contributed by atoms with E-state index in [0.717, 1.165) is 37.6 Å². The molecule has 1 aliphatic carbocycles. The van der Waals surface area contributed by atoms with Gasteiger partial charge in [-0.05, 0) is 43.2 Å². The van der Waals surface area contributed by atoms with Gasteiger partial charge >= 0.3 is 6.03 Å². The molecule has 0 bridgehead atoms. The van der Waals surface area contributed by atoms with Gasteiger partial charge in [0.1, 0.15) is 0 Å². The third kappa shape index (κ3) is 7.02. The van der Waals surface area contributed by atoms with E-state index in [1.54, 1.807) is 24.3 Å². The van der Waals surface area contributed by atoms with Crippen molar-refractivity contribution >= 4 is 59.5 Å². The van der Waals surface area contributed by atoms with E-state index < -0.39 is 32.4 Å². The summed E-state index contributed by atoms with van der Waals surface area (Å²) in [4.78, 5) is 36.2. The van der Waals surface area contributed by atoms with Gasteiger partial charge in [-0.3, -0.25) is 10.1 Å². The summed E-state index contributed by atoms with van der Waals surface area (Å²) in [6.45, 7) is -0.411. The monoisotopic (exact) mass is 606 g/mol. The number of thiazole rings is 1. The van der Waals surface area contributed by atoms with Crippen LogP contribution in [0.1, 0.15) is 41.7 Å². The van der Waals surface area contributed by atoms with Crippen LogP contribution in [0.4, 0.5) is 21.3 Å². The van der Waals surface area contributed by atoms with Crippen molar-refractivity contribution in [3.63, 3.8) is 0 Å². The molecular weight excluding hydrogens is 577 g/mol. The molecule has 0 atom stereocenters. The van der Waals surface area contributed by atoms with Crippen molar-refractivity contribution in [3.8, 4) is 0 Å². The van der Waals surface area contributed by atoms with Gasteiger partial charge in [0, 0.05) is 37.5 Å². The number of nitrogens with one attached hydrogen (secondary N) is 3. The zero-order valence-corrected chi connectivity index (χ0v) is 24.6. The van der Waals surface area contributed by atoms with E-state index in [4.69, 9.17) is 0 Å². The van der Waals surface area contributed by atoms with Crippen LogP contribution in [0.25, 0.3) is 0 Å². The molecule has 1 saturated carbocycles. The summed E-state index contributed by atoms with van der Waals surface area (Å²) < 4.78 is 51.8. The first-order valence-electron chi connectivity index (χ1n) is 12.4. The van der Waals surface area contributed by atoms with Crippen molar-refractivity contribution in [1.29, 1.82) is 0 Å². The minimum absolute atomic E-state index is 0.0383. The predicted octanol–water partition coefficient (Wildman–Crippen LogP) is 3.50. The number of amides is 2. The van der Waals surface area contributed by atoms with Gasteiger partial charge in [0.2, 0.25) is 19.9 Å². The molecule has 12 nitrogen and oxygen atoms in total. The first-order valence-corrected chi connectivity index (χ1v) is 16.6. The molecule has 15 heteroatoms. The number of rotatable bonds is 10. The summed E-state index contributed by atoms with van der Waals surface area (Å²) in [6, 6.07) is 8.81. The standard InChI is InChI=1S/C25H30N6O6S3/c1-31(2)17-11-12-19(18(14-17)22(32)16-8-4-5-9-16)28-24(33)30-25-29-20(15-27-39(3,34)35)23(38-25)40(36,37)21-10-6-7-13-26-21/h6-7,10-14,16,27H,4-5,8-9,15H2,1-3H3,(H2,28,29,30,33). The molecule has 1 aromatic carbocycles. The number of aromatic nitrogens is 2. The highest BCUT2D eigenvalue weighted by Gasteiger charge is 2.29. The van der Waals surface area contributed by atoms with Crippen molar-refractivity contribution in [2.24, 2.45) is 5.92 Å². The molecule has 0 radical (unpaired) electrons. The Morgan fingerprint density at radius 2 is 1.77 bits per heavy atom. The highest BCUT2D eigenvalue weighted by molar-refractivity contribution is 7.93. The van der Waals surface area contributed by atoms with Gasteiger partial charge in [-0.2, -0.15) is 0 Å². The number of urea groups is 1. The number of sulfone groups is 1. The lowest BCUT2D eigenvalue weighted by atomic mass is 9.94. The number of Topliss-reactive ketones (excluding diaryl/α,β-unsaturated/α-hetero) is 1. The smallest absolute Gasteiger partial charge is 0.325 e. The topological polar surface area (TPSA) is 168 Å². The second-order valence-corrected chi connectivity index (χ2v) is 14.5. The van der Waals surface area contributed by atoms with Crippen LogP contribution in [-0.2, 0) is 26.4 Å². The van der Waals surface area contributed by atoms with Crippen molar-refractivity contribution < 1.29 is 26.4 Å². The highest BCUT2D eigenvalue weighted by atomic mass is 32.2. The predicted molar refractivity (Wildman–Crippen MR) is 153 cm³/mol. The lowest BCUT2D eigenvalue weighted by Crippen LogP contribution is -2.23.